The first-order chi connectivity index (χ1) is 6.15. The molecule has 0 fully saturated rings. The van der Waals surface area contributed by atoms with Gasteiger partial charge in [-0.2, -0.15) is 0 Å². The Morgan fingerprint density at radius 1 is 1.69 bits per heavy atom. The van der Waals surface area contributed by atoms with Gasteiger partial charge in [-0.15, -0.1) is 0 Å². The van der Waals surface area contributed by atoms with Crippen molar-refractivity contribution in [1.82, 2.24) is 9.78 Å². The van der Waals surface area contributed by atoms with E-state index in [1.165, 1.54) is 4.68 Å². The van der Waals surface area contributed by atoms with E-state index >= 15 is 0 Å². The van der Waals surface area contributed by atoms with Gasteiger partial charge >= 0.3 is 5.97 Å². The van der Waals surface area contributed by atoms with Crippen LogP contribution in [0.3, 0.4) is 0 Å². The van der Waals surface area contributed by atoms with E-state index in [9.17, 15) is 9.59 Å². The molecule has 0 aliphatic carbocycles. The zero-order valence-corrected chi connectivity index (χ0v) is 7.66. The molecule has 0 aliphatic heterocycles. The predicted molar refractivity (Wildman–Crippen MR) is 46.4 cm³/mol. The molecule has 1 aromatic heterocycles. The molecule has 0 spiro atoms. The van der Waals surface area contributed by atoms with Crippen molar-refractivity contribution in [1.29, 1.82) is 0 Å². The van der Waals surface area contributed by atoms with E-state index in [1.807, 2.05) is 0 Å². The van der Waals surface area contributed by atoms with Gasteiger partial charge in [-0.25, -0.2) is 4.68 Å². The summed E-state index contributed by atoms with van der Waals surface area (Å²) in [4.78, 5) is 22.2. The van der Waals surface area contributed by atoms with Gasteiger partial charge in [-0.3, -0.25) is 9.59 Å². The first-order valence-corrected chi connectivity index (χ1v) is 4.05. The third kappa shape index (κ3) is 2.21. The molecule has 5 heteroatoms. The molecule has 0 bridgehead atoms. The van der Waals surface area contributed by atoms with Crippen LogP contribution < -0.4 is 5.56 Å². The zero-order valence-electron chi connectivity index (χ0n) is 7.66. The van der Waals surface area contributed by atoms with Crippen LogP contribution in [0.2, 0.25) is 0 Å². The monoisotopic (exact) mass is 184 g/mol. The topological polar surface area (TPSA) is 64.1 Å². The molecule has 0 aromatic carbocycles. The van der Waals surface area contributed by atoms with E-state index in [0.29, 0.717) is 12.2 Å². The number of nitrogens with zero attached hydrogens (tertiary/aromatic N) is 1. The van der Waals surface area contributed by atoms with Crippen molar-refractivity contribution in [2.75, 3.05) is 6.61 Å². The number of H-pyrrole nitrogens is 1. The Bertz CT molecular complexity index is 351. The highest BCUT2D eigenvalue weighted by Gasteiger charge is 2.06. The van der Waals surface area contributed by atoms with Crippen molar-refractivity contribution in [2.45, 2.75) is 20.4 Å². The maximum absolute atomic E-state index is 11.2. The lowest BCUT2D eigenvalue weighted by molar-refractivity contribution is -0.144. The third-order valence-corrected chi connectivity index (χ3v) is 1.61. The van der Waals surface area contributed by atoms with Gasteiger partial charge in [-0.05, 0) is 13.8 Å². The number of carbonyl (C=O) groups is 1. The average molecular weight is 184 g/mol. The Morgan fingerprint density at radius 3 is 2.85 bits per heavy atom. The molecule has 0 saturated carbocycles. The Morgan fingerprint density at radius 2 is 2.38 bits per heavy atom. The molecular weight excluding hydrogens is 172 g/mol. The SMILES string of the molecule is CCOC(=O)Cn1[nH]cc(C)c1=O. The third-order valence-electron chi connectivity index (χ3n) is 1.61. The van der Waals surface area contributed by atoms with Gasteiger partial charge in [-0.1, -0.05) is 0 Å². The van der Waals surface area contributed by atoms with Crippen molar-refractivity contribution in [3.8, 4) is 0 Å². The van der Waals surface area contributed by atoms with E-state index in [0.717, 1.165) is 0 Å². The summed E-state index contributed by atoms with van der Waals surface area (Å²) >= 11 is 0. The molecule has 0 amide bonds. The molecule has 5 nitrogen and oxygen atoms in total. The Kier molecular flexibility index (Phi) is 2.89. The Labute approximate surface area is 75.3 Å². The fraction of sp³-hybridized carbons (Fsp3) is 0.500. The summed E-state index contributed by atoms with van der Waals surface area (Å²) in [6, 6.07) is 0. The highest BCUT2D eigenvalue weighted by Crippen LogP contribution is 1.87. The summed E-state index contributed by atoms with van der Waals surface area (Å²) in [5, 5.41) is 2.67. The standard InChI is InChI=1S/C8H12N2O3/c1-3-13-7(11)5-10-8(12)6(2)4-9-10/h4,9H,3,5H2,1-2H3. The molecule has 72 valence electrons. The molecule has 0 radical (unpaired) electrons. The lowest BCUT2D eigenvalue weighted by Gasteiger charge is -2.00. The van der Waals surface area contributed by atoms with Gasteiger partial charge in [0.05, 0.1) is 6.61 Å². The molecular formula is C8H12N2O3. The van der Waals surface area contributed by atoms with Gasteiger partial charge in [0, 0.05) is 11.8 Å². The summed E-state index contributed by atoms with van der Waals surface area (Å²) in [6.07, 6.45) is 1.56. The molecule has 0 aliphatic rings. The van der Waals surface area contributed by atoms with Crippen LogP contribution in [0.1, 0.15) is 12.5 Å². The molecule has 0 unspecified atom stereocenters. The van der Waals surface area contributed by atoms with Crippen LogP contribution in [0.15, 0.2) is 11.0 Å². The highest BCUT2D eigenvalue weighted by atomic mass is 16.5. The second-order valence-electron chi connectivity index (χ2n) is 2.65. The molecule has 0 atom stereocenters. The van der Waals surface area contributed by atoms with Crippen molar-refractivity contribution >= 4 is 5.97 Å². The van der Waals surface area contributed by atoms with Gasteiger partial charge in [0.25, 0.3) is 5.56 Å². The Hall–Kier alpha value is -1.52. The summed E-state index contributed by atoms with van der Waals surface area (Å²) in [7, 11) is 0. The number of nitrogens with one attached hydrogen (secondary N) is 1. The van der Waals surface area contributed by atoms with Crippen LogP contribution in [0.25, 0.3) is 0 Å². The first kappa shape index (κ1) is 9.57. The zero-order chi connectivity index (χ0) is 9.84. The van der Waals surface area contributed by atoms with Crippen molar-refractivity contribution < 1.29 is 9.53 Å². The van der Waals surface area contributed by atoms with Gasteiger partial charge in [0.1, 0.15) is 6.54 Å². The highest BCUT2D eigenvalue weighted by molar-refractivity contribution is 5.68. The van der Waals surface area contributed by atoms with E-state index in [2.05, 4.69) is 5.10 Å². The number of rotatable bonds is 3. The van der Waals surface area contributed by atoms with Gasteiger partial charge in [0.15, 0.2) is 0 Å². The average Bonchev–Trinajstić information content (AvgIpc) is 2.37. The number of esters is 1. The van der Waals surface area contributed by atoms with E-state index in [1.54, 1.807) is 20.0 Å². The van der Waals surface area contributed by atoms with Crippen LogP contribution in [0, 0.1) is 6.92 Å². The van der Waals surface area contributed by atoms with Crippen LogP contribution in [0.4, 0.5) is 0 Å². The lowest BCUT2D eigenvalue weighted by Crippen LogP contribution is -2.24. The normalized spacial score (nSPS) is 10.0. The van der Waals surface area contributed by atoms with Gasteiger partial charge < -0.3 is 9.84 Å². The van der Waals surface area contributed by atoms with Gasteiger partial charge in [0.2, 0.25) is 0 Å². The molecule has 1 heterocycles. The number of carbonyl (C=O) groups excluding carboxylic acids is 1. The second-order valence-corrected chi connectivity index (χ2v) is 2.65. The number of hydrogen-bond acceptors (Lipinski definition) is 3. The number of aromatic nitrogens is 2. The number of aromatic amines is 1. The maximum atomic E-state index is 11.2. The van der Waals surface area contributed by atoms with Crippen LogP contribution >= 0.6 is 0 Å². The summed E-state index contributed by atoms with van der Waals surface area (Å²) < 4.78 is 5.91. The minimum absolute atomic E-state index is 0.0550. The molecule has 1 rings (SSSR count). The van der Waals surface area contributed by atoms with Crippen molar-refractivity contribution in [2.24, 2.45) is 0 Å². The van der Waals surface area contributed by atoms with Crippen molar-refractivity contribution in [3.05, 3.63) is 22.1 Å². The Balaban J connectivity index is 2.69. The molecule has 13 heavy (non-hydrogen) atoms. The molecule has 0 saturated heterocycles. The van der Waals surface area contributed by atoms with E-state index in [4.69, 9.17) is 4.74 Å². The van der Waals surface area contributed by atoms with Crippen LogP contribution in [-0.2, 0) is 16.1 Å². The fourth-order valence-corrected chi connectivity index (χ4v) is 0.961. The van der Waals surface area contributed by atoms with Crippen molar-refractivity contribution in [3.63, 3.8) is 0 Å². The quantitative estimate of drug-likeness (QED) is 0.675. The minimum atomic E-state index is -0.411. The summed E-state index contributed by atoms with van der Waals surface area (Å²) in [5.74, 6) is -0.411. The maximum Gasteiger partial charge on any atom is 0.327 e. The number of aryl methyl sites for hydroxylation is 1. The van der Waals surface area contributed by atoms with Crippen LogP contribution in [-0.4, -0.2) is 22.4 Å². The minimum Gasteiger partial charge on any atom is -0.465 e. The van der Waals surface area contributed by atoms with E-state index in [-0.39, 0.29) is 12.1 Å². The largest absolute Gasteiger partial charge is 0.465 e. The number of hydrogen-bond donors (Lipinski definition) is 1. The van der Waals surface area contributed by atoms with Crippen LogP contribution in [0.5, 0.6) is 0 Å². The second kappa shape index (κ2) is 3.93. The molecule has 1 N–H and O–H groups in total. The molecule has 1 aromatic rings. The predicted octanol–water partition coefficient (Wildman–Crippen LogP) is 0.0479. The van der Waals surface area contributed by atoms with E-state index < -0.39 is 5.97 Å². The first-order valence-electron chi connectivity index (χ1n) is 4.05. The lowest BCUT2D eigenvalue weighted by atomic mass is 10.4. The summed E-state index contributed by atoms with van der Waals surface area (Å²) in [5.41, 5.74) is 0.400. The smallest absolute Gasteiger partial charge is 0.327 e. The fourth-order valence-electron chi connectivity index (χ4n) is 0.961. The summed E-state index contributed by atoms with van der Waals surface area (Å²) in [6.45, 7) is 3.68. The number of ether oxygens (including phenoxy) is 1.